The van der Waals surface area contributed by atoms with Gasteiger partial charge < -0.3 is 9.64 Å². The lowest BCUT2D eigenvalue weighted by molar-refractivity contribution is -0.131. The van der Waals surface area contributed by atoms with Crippen LogP contribution in [0.4, 0.5) is 5.82 Å². The highest BCUT2D eigenvalue weighted by Crippen LogP contribution is 2.20. The second kappa shape index (κ2) is 8.98. The summed E-state index contributed by atoms with van der Waals surface area (Å²) < 4.78 is 5.09. The summed E-state index contributed by atoms with van der Waals surface area (Å²) in [6.07, 6.45) is 6.79. The minimum Gasteiger partial charge on any atom is -0.497 e. The fourth-order valence-corrected chi connectivity index (χ4v) is 3.06. The van der Waals surface area contributed by atoms with Crippen molar-refractivity contribution in [2.45, 2.75) is 19.3 Å². The Bertz CT molecular complexity index is 767. The minimum absolute atomic E-state index is 0.181. The first-order valence-corrected chi connectivity index (χ1v) is 8.88. The molecule has 2 amide bonds. The zero-order chi connectivity index (χ0) is 19.1. The van der Waals surface area contributed by atoms with E-state index in [9.17, 15) is 9.59 Å². The Labute approximate surface area is 157 Å². The smallest absolute Gasteiger partial charge is 0.243 e. The number of nitrogens with zero attached hydrogens (tertiary/aromatic N) is 3. The van der Waals surface area contributed by atoms with Gasteiger partial charge in [0.1, 0.15) is 11.6 Å². The molecule has 1 atom stereocenters. The number of ether oxygens (including phenoxy) is 1. The number of methoxy groups -OCH3 is 1. The third-order valence-electron chi connectivity index (χ3n) is 4.51. The molecule has 0 bridgehead atoms. The number of carbonyl (C=O) groups excluding carboxylic acids is 2. The molecule has 0 unspecified atom stereocenters. The molecular weight excluding hydrogens is 346 g/mol. The van der Waals surface area contributed by atoms with Crippen molar-refractivity contribution >= 4 is 17.6 Å². The molecular formula is C19H23N5O3. The molecule has 8 nitrogen and oxygen atoms in total. The quantitative estimate of drug-likeness (QED) is 0.766. The average molecular weight is 369 g/mol. The minimum atomic E-state index is -0.268. The largest absolute Gasteiger partial charge is 0.497 e. The summed E-state index contributed by atoms with van der Waals surface area (Å²) >= 11 is 0. The molecule has 1 fully saturated rings. The van der Waals surface area contributed by atoms with Gasteiger partial charge in [-0.3, -0.25) is 25.4 Å². The van der Waals surface area contributed by atoms with Crippen molar-refractivity contribution in [3.8, 4) is 5.75 Å². The fourth-order valence-electron chi connectivity index (χ4n) is 3.06. The predicted octanol–water partition coefficient (Wildman–Crippen LogP) is 1.09. The molecule has 0 saturated carbocycles. The predicted molar refractivity (Wildman–Crippen MR) is 100.0 cm³/mol. The van der Waals surface area contributed by atoms with Crippen LogP contribution in [0.5, 0.6) is 5.75 Å². The Morgan fingerprint density at radius 1 is 1.22 bits per heavy atom. The number of aromatic nitrogens is 2. The Hall–Kier alpha value is -3.16. The number of amides is 2. The Morgan fingerprint density at radius 3 is 2.74 bits per heavy atom. The molecule has 0 radical (unpaired) electrons. The first-order valence-electron chi connectivity index (χ1n) is 8.88. The van der Waals surface area contributed by atoms with Crippen molar-refractivity contribution in [3.05, 3.63) is 48.4 Å². The number of benzene rings is 1. The highest BCUT2D eigenvalue weighted by atomic mass is 16.5. The molecule has 2 N–H and O–H groups in total. The first-order chi connectivity index (χ1) is 13.2. The molecule has 0 spiro atoms. The Balaban J connectivity index is 1.47. The lowest BCUT2D eigenvalue weighted by Gasteiger charge is -2.32. The number of hydrogen-bond donors (Lipinski definition) is 2. The third-order valence-corrected chi connectivity index (χ3v) is 4.51. The van der Waals surface area contributed by atoms with Gasteiger partial charge in [0.2, 0.25) is 11.8 Å². The lowest BCUT2D eigenvalue weighted by atomic mass is 9.97. The van der Waals surface area contributed by atoms with E-state index in [1.807, 2.05) is 17.0 Å². The van der Waals surface area contributed by atoms with Crippen LogP contribution in [0.25, 0.3) is 0 Å². The van der Waals surface area contributed by atoms with Gasteiger partial charge in [-0.2, -0.15) is 0 Å². The van der Waals surface area contributed by atoms with Crippen LogP contribution in [0.2, 0.25) is 0 Å². The number of nitrogens with one attached hydrogen (secondary N) is 2. The average Bonchev–Trinajstić information content (AvgIpc) is 2.73. The van der Waals surface area contributed by atoms with Gasteiger partial charge in [-0.1, -0.05) is 12.1 Å². The van der Waals surface area contributed by atoms with Crippen molar-refractivity contribution in [1.82, 2.24) is 20.8 Å². The fraction of sp³-hybridized carbons (Fsp3) is 0.368. The molecule has 27 heavy (non-hydrogen) atoms. The van der Waals surface area contributed by atoms with E-state index in [1.54, 1.807) is 37.8 Å². The maximum atomic E-state index is 12.4. The van der Waals surface area contributed by atoms with Gasteiger partial charge in [0.25, 0.3) is 0 Å². The summed E-state index contributed by atoms with van der Waals surface area (Å²) in [5, 5.41) is 0. The molecule has 8 heteroatoms. The second-order valence-corrected chi connectivity index (χ2v) is 6.41. The standard InChI is InChI=1S/C19H23N5O3/c1-27-16-6-4-14(5-7-16)11-18(25)22-23-19(26)15-3-2-10-24(13-15)17-12-20-8-9-21-17/h4-9,12,15H,2-3,10-11,13H2,1H3,(H,22,25)(H,23,26)/t15-/m1/s1. The number of rotatable bonds is 5. The van der Waals surface area contributed by atoms with Crippen LogP contribution in [-0.4, -0.2) is 42.0 Å². The van der Waals surface area contributed by atoms with Crippen LogP contribution < -0.4 is 20.5 Å². The van der Waals surface area contributed by atoms with Crippen molar-refractivity contribution < 1.29 is 14.3 Å². The highest BCUT2D eigenvalue weighted by molar-refractivity contribution is 5.84. The van der Waals surface area contributed by atoms with Gasteiger partial charge >= 0.3 is 0 Å². The van der Waals surface area contributed by atoms with Crippen molar-refractivity contribution in [3.63, 3.8) is 0 Å². The van der Waals surface area contributed by atoms with E-state index in [2.05, 4.69) is 20.8 Å². The second-order valence-electron chi connectivity index (χ2n) is 6.41. The molecule has 1 aromatic carbocycles. The molecule has 2 aromatic rings. The maximum Gasteiger partial charge on any atom is 0.243 e. The van der Waals surface area contributed by atoms with E-state index in [-0.39, 0.29) is 24.2 Å². The van der Waals surface area contributed by atoms with Crippen LogP contribution >= 0.6 is 0 Å². The number of carbonyl (C=O) groups is 2. The van der Waals surface area contributed by atoms with Crippen molar-refractivity contribution in [2.75, 3.05) is 25.1 Å². The topological polar surface area (TPSA) is 96.5 Å². The summed E-state index contributed by atoms with van der Waals surface area (Å²) in [5.41, 5.74) is 5.88. The van der Waals surface area contributed by atoms with Gasteiger partial charge in [0.15, 0.2) is 0 Å². The molecule has 142 valence electrons. The van der Waals surface area contributed by atoms with Crippen LogP contribution in [-0.2, 0) is 16.0 Å². The van der Waals surface area contributed by atoms with Gasteiger partial charge in [-0.15, -0.1) is 0 Å². The summed E-state index contributed by atoms with van der Waals surface area (Å²) in [4.78, 5) is 34.9. The van der Waals surface area contributed by atoms with E-state index in [0.29, 0.717) is 6.54 Å². The molecule has 1 aliphatic heterocycles. The number of hydrogen-bond acceptors (Lipinski definition) is 6. The molecule has 3 rings (SSSR count). The van der Waals surface area contributed by atoms with E-state index in [4.69, 9.17) is 4.74 Å². The van der Waals surface area contributed by atoms with Crippen LogP contribution in [0.3, 0.4) is 0 Å². The molecule has 0 aliphatic carbocycles. The summed E-state index contributed by atoms with van der Waals surface area (Å²) in [6.45, 7) is 1.39. The number of piperidine rings is 1. The SMILES string of the molecule is COc1ccc(CC(=O)NNC(=O)[C@@H]2CCCN(c3cnccn3)C2)cc1. The lowest BCUT2D eigenvalue weighted by Crippen LogP contribution is -2.49. The van der Waals surface area contributed by atoms with Crippen molar-refractivity contribution in [2.24, 2.45) is 5.92 Å². The van der Waals surface area contributed by atoms with Crippen LogP contribution in [0, 0.1) is 5.92 Å². The molecule has 1 aromatic heterocycles. The van der Waals surface area contributed by atoms with Gasteiger partial charge in [0.05, 0.1) is 25.6 Å². The van der Waals surface area contributed by atoms with E-state index in [1.165, 1.54) is 0 Å². The highest BCUT2D eigenvalue weighted by Gasteiger charge is 2.26. The van der Waals surface area contributed by atoms with E-state index in [0.717, 1.165) is 36.5 Å². The number of anilines is 1. The zero-order valence-electron chi connectivity index (χ0n) is 15.2. The Kier molecular flexibility index (Phi) is 6.19. The first kappa shape index (κ1) is 18.6. The molecule has 2 heterocycles. The molecule has 1 aliphatic rings. The van der Waals surface area contributed by atoms with Gasteiger partial charge in [-0.25, -0.2) is 4.98 Å². The Morgan fingerprint density at radius 2 is 2.04 bits per heavy atom. The molecule has 1 saturated heterocycles. The van der Waals surface area contributed by atoms with Crippen LogP contribution in [0.15, 0.2) is 42.9 Å². The van der Waals surface area contributed by atoms with E-state index < -0.39 is 0 Å². The normalized spacial score (nSPS) is 16.5. The monoisotopic (exact) mass is 369 g/mol. The number of hydrazine groups is 1. The summed E-state index contributed by atoms with van der Waals surface area (Å²) in [6, 6.07) is 7.23. The maximum absolute atomic E-state index is 12.4. The summed E-state index contributed by atoms with van der Waals surface area (Å²) in [5.74, 6) is 0.833. The van der Waals surface area contributed by atoms with Gasteiger partial charge in [-0.05, 0) is 30.5 Å². The van der Waals surface area contributed by atoms with Crippen LogP contribution in [0.1, 0.15) is 18.4 Å². The van der Waals surface area contributed by atoms with Gasteiger partial charge in [0, 0.05) is 25.5 Å². The zero-order valence-corrected chi connectivity index (χ0v) is 15.2. The van der Waals surface area contributed by atoms with E-state index >= 15 is 0 Å². The summed E-state index contributed by atoms with van der Waals surface area (Å²) in [7, 11) is 1.59. The third kappa shape index (κ3) is 5.16. The van der Waals surface area contributed by atoms with Crippen molar-refractivity contribution in [1.29, 1.82) is 0 Å².